The molecule has 5 nitrogen and oxygen atoms in total. The lowest BCUT2D eigenvalue weighted by atomic mass is 9.72. The van der Waals surface area contributed by atoms with Crippen molar-refractivity contribution < 1.29 is 0 Å². The molecule has 29 heavy (non-hydrogen) atoms. The molecular formula is C23H27N5S. The second-order valence-electron chi connectivity index (χ2n) is 8.34. The van der Waals surface area contributed by atoms with E-state index < -0.39 is 0 Å². The van der Waals surface area contributed by atoms with Crippen LogP contribution in [-0.4, -0.2) is 58.1 Å². The molecule has 3 aromatic rings. The Kier molecular flexibility index (Phi) is 5.06. The zero-order valence-electron chi connectivity index (χ0n) is 16.9. The molecule has 1 aromatic heterocycles. The Bertz CT molecular complexity index is 942. The van der Waals surface area contributed by atoms with Crippen molar-refractivity contribution in [3.8, 4) is 11.4 Å². The normalized spacial score (nSPS) is 17.9. The van der Waals surface area contributed by atoms with Gasteiger partial charge in [-0.3, -0.25) is 0 Å². The van der Waals surface area contributed by atoms with E-state index in [4.69, 9.17) is 0 Å². The average molecular weight is 406 g/mol. The van der Waals surface area contributed by atoms with Crippen LogP contribution in [0.3, 0.4) is 0 Å². The smallest absolute Gasteiger partial charge is 0.191 e. The minimum atomic E-state index is 0.553. The predicted molar refractivity (Wildman–Crippen MR) is 119 cm³/mol. The summed E-state index contributed by atoms with van der Waals surface area (Å²) in [5.41, 5.74) is 3.04. The molecule has 0 radical (unpaired) electrons. The zero-order valence-corrected chi connectivity index (χ0v) is 17.7. The van der Waals surface area contributed by atoms with Crippen LogP contribution >= 0.6 is 11.8 Å². The van der Waals surface area contributed by atoms with E-state index in [9.17, 15) is 0 Å². The first-order valence-corrected chi connectivity index (χ1v) is 11.3. The fraction of sp³-hybridized carbons (Fsp3) is 0.391. The van der Waals surface area contributed by atoms with Crippen molar-refractivity contribution in [3.63, 3.8) is 0 Å². The summed E-state index contributed by atoms with van der Waals surface area (Å²) in [4.78, 5) is 5.11. The Balaban J connectivity index is 1.03. The number of likely N-dealkylation sites (tertiary alicyclic amines) is 1. The molecule has 0 amide bonds. The van der Waals surface area contributed by atoms with E-state index in [1.54, 1.807) is 0 Å². The molecule has 2 fully saturated rings. The third-order valence-corrected chi connectivity index (χ3v) is 7.12. The molecule has 2 aliphatic rings. The highest BCUT2D eigenvalue weighted by molar-refractivity contribution is 7.99. The van der Waals surface area contributed by atoms with Gasteiger partial charge < -0.3 is 14.4 Å². The third kappa shape index (κ3) is 3.79. The largest absolute Gasteiger partial charge is 0.370 e. The lowest BCUT2D eigenvalue weighted by molar-refractivity contribution is -0.0210. The van der Waals surface area contributed by atoms with Gasteiger partial charge in [0.15, 0.2) is 11.0 Å². The number of thioether (sulfide) groups is 1. The van der Waals surface area contributed by atoms with Gasteiger partial charge in [0.25, 0.3) is 0 Å². The van der Waals surface area contributed by atoms with E-state index in [1.807, 2.05) is 30.0 Å². The fourth-order valence-corrected chi connectivity index (χ4v) is 5.41. The van der Waals surface area contributed by atoms with Gasteiger partial charge in [0.2, 0.25) is 0 Å². The van der Waals surface area contributed by atoms with Gasteiger partial charge in [-0.05, 0) is 25.1 Å². The van der Waals surface area contributed by atoms with Gasteiger partial charge in [-0.1, -0.05) is 60.3 Å². The second-order valence-corrected chi connectivity index (χ2v) is 9.40. The Morgan fingerprint density at radius 3 is 2.31 bits per heavy atom. The molecule has 5 rings (SSSR count). The number of hydrogen-bond donors (Lipinski definition) is 0. The highest BCUT2D eigenvalue weighted by atomic mass is 32.2. The summed E-state index contributed by atoms with van der Waals surface area (Å²) < 4.78 is 2.10. The van der Waals surface area contributed by atoms with Crippen molar-refractivity contribution in [2.45, 2.75) is 11.6 Å². The van der Waals surface area contributed by atoms with Gasteiger partial charge in [0.05, 0.1) is 0 Å². The summed E-state index contributed by atoms with van der Waals surface area (Å²) in [6, 6.07) is 21.1. The number of nitrogens with zero attached hydrogens (tertiary/aromatic N) is 5. The lowest BCUT2D eigenvalue weighted by Gasteiger charge is -2.61. The molecule has 2 aromatic carbocycles. The number of anilines is 1. The highest BCUT2D eigenvalue weighted by Crippen LogP contribution is 2.41. The van der Waals surface area contributed by atoms with Gasteiger partial charge in [-0.25, -0.2) is 0 Å². The molecule has 0 bridgehead atoms. The van der Waals surface area contributed by atoms with Crippen LogP contribution in [0.2, 0.25) is 0 Å². The van der Waals surface area contributed by atoms with Gasteiger partial charge in [0.1, 0.15) is 0 Å². The molecule has 3 heterocycles. The average Bonchev–Trinajstić information content (AvgIpc) is 3.07. The molecule has 0 saturated carbocycles. The van der Waals surface area contributed by atoms with E-state index >= 15 is 0 Å². The van der Waals surface area contributed by atoms with E-state index in [2.05, 4.69) is 74.1 Å². The maximum absolute atomic E-state index is 4.38. The quantitative estimate of drug-likeness (QED) is 0.442. The zero-order chi connectivity index (χ0) is 19.7. The summed E-state index contributed by atoms with van der Waals surface area (Å²) in [5.74, 6) is 2.02. The van der Waals surface area contributed by atoms with Gasteiger partial charge in [-0.2, -0.15) is 0 Å². The summed E-state index contributed by atoms with van der Waals surface area (Å²) >= 11 is 1.81. The lowest BCUT2D eigenvalue weighted by Crippen LogP contribution is -2.72. The van der Waals surface area contributed by atoms with Crippen molar-refractivity contribution >= 4 is 17.4 Å². The molecule has 1 spiro atoms. The Morgan fingerprint density at radius 2 is 1.59 bits per heavy atom. The number of hydrogen-bond acceptors (Lipinski definition) is 5. The first-order chi connectivity index (χ1) is 14.2. The number of aromatic nitrogens is 3. The van der Waals surface area contributed by atoms with E-state index in [0.717, 1.165) is 22.3 Å². The van der Waals surface area contributed by atoms with Crippen molar-refractivity contribution in [1.82, 2.24) is 19.7 Å². The maximum Gasteiger partial charge on any atom is 0.191 e. The monoisotopic (exact) mass is 405 g/mol. The minimum Gasteiger partial charge on any atom is -0.370 e. The van der Waals surface area contributed by atoms with Crippen LogP contribution < -0.4 is 4.90 Å². The standard InChI is InChI=1S/C23H27N5S/c1-26-21(19-9-4-2-5-10-19)24-25-22(26)29-14-8-13-27-15-23(16-27)17-28(18-23)20-11-6-3-7-12-20/h2-7,9-12H,8,13-18H2,1H3. The van der Waals surface area contributed by atoms with Crippen LogP contribution in [-0.2, 0) is 7.05 Å². The Morgan fingerprint density at radius 1 is 0.897 bits per heavy atom. The first-order valence-electron chi connectivity index (χ1n) is 10.3. The summed E-state index contributed by atoms with van der Waals surface area (Å²) in [6.07, 6.45) is 1.19. The molecule has 2 saturated heterocycles. The summed E-state index contributed by atoms with van der Waals surface area (Å²) in [6.45, 7) is 6.11. The number of benzene rings is 2. The minimum absolute atomic E-state index is 0.553. The van der Waals surface area contributed by atoms with Crippen LogP contribution in [0, 0.1) is 5.41 Å². The van der Waals surface area contributed by atoms with Crippen LogP contribution in [0.5, 0.6) is 0 Å². The van der Waals surface area contributed by atoms with Crippen molar-refractivity contribution in [2.24, 2.45) is 12.5 Å². The fourth-order valence-electron chi connectivity index (χ4n) is 4.58. The van der Waals surface area contributed by atoms with Crippen molar-refractivity contribution in [2.75, 3.05) is 43.4 Å². The SMILES string of the molecule is Cn1c(SCCCN2CC3(C2)CN(c2ccccc2)C3)nnc1-c1ccccc1. The number of para-hydroxylation sites is 1. The molecule has 0 unspecified atom stereocenters. The topological polar surface area (TPSA) is 37.2 Å². The first kappa shape index (κ1) is 18.7. The Hall–Kier alpha value is -2.31. The summed E-state index contributed by atoms with van der Waals surface area (Å²) in [7, 11) is 2.05. The van der Waals surface area contributed by atoms with E-state index in [0.29, 0.717) is 5.41 Å². The molecule has 150 valence electrons. The van der Waals surface area contributed by atoms with Gasteiger partial charge >= 0.3 is 0 Å². The van der Waals surface area contributed by atoms with Crippen molar-refractivity contribution in [3.05, 3.63) is 60.7 Å². The van der Waals surface area contributed by atoms with Crippen LogP contribution in [0.1, 0.15) is 6.42 Å². The van der Waals surface area contributed by atoms with E-state index in [1.165, 1.54) is 44.8 Å². The molecule has 0 atom stereocenters. The molecule has 2 aliphatic heterocycles. The maximum atomic E-state index is 4.38. The van der Waals surface area contributed by atoms with Gasteiger partial charge in [0, 0.05) is 55.6 Å². The van der Waals surface area contributed by atoms with Crippen LogP contribution in [0.15, 0.2) is 65.8 Å². The Labute approximate surface area is 176 Å². The second kappa shape index (κ2) is 7.84. The van der Waals surface area contributed by atoms with Gasteiger partial charge in [-0.15, -0.1) is 10.2 Å². The molecular weight excluding hydrogens is 378 g/mol. The molecule has 0 aliphatic carbocycles. The van der Waals surface area contributed by atoms with Crippen LogP contribution in [0.4, 0.5) is 5.69 Å². The van der Waals surface area contributed by atoms with Crippen LogP contribution in [0.25, 0.3) is 11.4 Å². The highest BCUT2D eigenvalue weighted by Gasteiger charge is 2.51. The van der Waals surface area contributed by atoms with E-state index in [-0.39, 0.29) is 0 Å². The number of rotatable bonds is 7. The summed E-state index contributed by atoms with van der Waals surface area (Å²) in [5, 5.41) is 9.76. The van der Waals surface area contributed by atoms with Crippen molar-refractivity contribution in [1.29, 1.82) is 0 Å². The predicted octanol–water partition coefficient (Wildman–Crippen LogP) is 3.79. The third-order valence-electron chi connectivity index (χ3n) is 6.01. The molecule has 6 heteroatoms. The molecule has 0 N–H and O–H groups in total.